The number of carbonyl (C=O) groups excluding carboxylic acids is 1. The largest absolute Gasteiger partial charge is 0.341 e. The minimum atomic E-state index is 0.160. The molecule has 3 nitrogen and oxygen atoms in total. The van der Waals surface area contributed by atoms with E-state index in [1.165, 1.54) is 11.1 Å². The van der Waals surface area contributed by atoms with Gasteiger partial charge >= 0.3 is 0 Å². The molecule has 1 aromatic rings. The van der Waals surface area contributed by atoms with E-state index < -0.39 is 0 Å². The van der Waals surface area contributed by atoms with E-state index in [-0.39, 0.29) is 11.8 Å². The van der Waals surface area contributed by atoms with Crippen molar-refractivity contribution in [2.24, 2.45) is 5.92 Å². The molecule has 1 aliphatic heterocycles. The van der Waals surface area contributed by atoms with Gasteiger partial charge in [0.25, 0.3) is 0 Å². The molecule has 2 rings (SSSR count). The monoisotopic (exact) mass is 246 g/mol. The first kappa shape index (κ1) is 13.1. The molecule has 1 saturated heterocycles. The van der Waals surface area contributed by atoms with Crippen LogP contribution in [0.2, 0.25) is 0 Å². The van der Waals surface area contributed by atoms with Gasteiger partial charge in [0.05, 0.1) is 5.92 Å². The smallest absolute Gasteiger partial charge is 0.227 e. The Hall–Kier alpha value is -1.35. The molecule has 3 heteroatoms. The number of aryl methyl sites for hydroxylation is 1. The number of hydrogen-bond donors (Lipinski definition) is 1. The quantitative estimate of drug-likeness (QED) is 0.884. The predicted octanol–water partition coefficient (Wildman–Crippen LogP) is 1.95. The molecule has 0 spiro atoms. The minimum Gasteiger partial charge on any atom is -0.341 e. The van der Waals surface area contributed by atoms with Gasteiger partial charge in [0.15, 0.2) is 0 Å². The second kappa shape index (κ2) is 6.01. The number of piperidine rings is 1. The van der Waals surface area contributed by atoms with Crippen molar-refractivity contribution in [1.29, 1.82) is 0 Å². The third-order valence-corrected chi connectivity index (χ3v) is 3.69. The topological polar surface area (TPSA) is 32.3 Å². The van der Waals surface area contributed by atoms with Crippen LogP contribution in [-0.2, 0) is 11.3 Å². The maximum absolute atomic E-state index is 12.3. The van der Waals surface area contributed by atoms with Crippen LogP contribution < -0.4 is 5.32 Å². The fraction of sp³-hybridized carbons (Fsp3) is 0.533. The molecule has 0 unspecified atom stereocenters. The van der Waals surface area contributed by atoms with Gasteiger partial charge in [-0.3, -0.25) is 4.79 Å². The van der Waals surface area contributed by atoms with E-state index in [0.717, 1.165) is 25.9 Å². The van der Waals surface area contributed by atoms with Gasteiger partial charge in [-0.1, -0.05) is 24.3 Å². The molecular formula is C15H22N2O. The molecule has 1 amide bonds. The first-order valence-corrected chi connectivity index (χ1v) is 6.68. The van der Waals surface area contributed by atoms with E-state index in [9.17, 15) is 4.79 Å². The summed E-state index contributed by atoms with van der Waals surface area (Å²) in [5, 5.41) is 3.30. The van der Waals surface area contributed by atoms with E-state index >= 15 is 0 Å². The fourth-order valence-corrected chi connectivity index (χ4v) is 2.50. The number of rotatable bonds is 3. The number of hydrogen-bond acceptors (Lipinski definition) is 2. The molecule has 1 aliphatic rings. The van der Waals surface area contributed by atoms with E-state index in [0.29, 0.717) is 6.54 Å². The molecule has 0 saturated carbocycles. The van der Waals surface area contributed by atoms with Crippen molar-refractivity contribution in [3.05, 3.63) is 35.4 Å². The van der Waals surface area contributed by atoms with Crippen LogP contribution in [0.3, 0.4) is 0 Å². The lowest BCUT2D eigenvalue weighted by Crippen LogP contribution is -2.41. The van der Waals surface area contributed by atoms with Gasteiger partial charge in [0.2, 0.25) is 5.91 Å². The number of carbonyl (C=O) groups is 1. The second-order valence-corrected chi connectivity index (χ2v) is 5.16. The molecule has 0 radical (unpaired) electrons. The number of nitrogens with zero attached hydrogens (tertiary/aromatic N) is 1. The van der Waals surface area contributed by atoms with Crippen molar-refractivity contribution in [2.75, 3.05) is 20.1 Å². The Labute approximate surface area is 109 Å². The van der Waals surface area contributed by atoms with Crippen molar-refractivity contribution < 1.29 is 4.79 Å². The molecule has 1 heterocycles. The van der Waals surface area contributed by atoms with Crippen LogP contribution in [0.4, 0.5) is 0 Å². The van der Waals surface area contributed by atoms with Crippen LogP contribution in [0.5, 0.6) is 0 Å². The third-order valence-electron chi connectivity index (χ3n) is 3.69. The maximum Gasteiger partial charge on any atom is 0.227 e. The zero-order valence-electron chi connectivity index (χ0n) is 11.3. The van der Waals surface area contributed by atoms with Gasteiger partial charge in [0, 0.05) is 20.1 Å². The zero-order valence-corrected chi connectivity index (χ0v) is 11.3. The fourth-order valence-electron chi connectivity index (χ4n) is 2.50. The highest BCUT2D eigenvalue weighted by molar-refractivity contribution is 5.79. The lowest BCUT2D eigenvalue weighted by atomic mass is 9.98. The lowest BCUT2D eigenvalue weighted by Gasteiger charge is -2.27. The lowest BCUT2D eigenvalue weighted by molar-refractivity contribution is -0.135. The highest BCUT2D eigenvalue weighted by atomic mass is 16.2. The summed E-state index contributed by atoms with van der Waals surface area (Å²) >= 11 is 0. The van der Waals surface area contributed by atoms with Crippen LogP contribution in [0.1, 0.15) is 24.0 Å². The summed E-state index contributed by atoms with van der Waals surface area (Å²) in [6, 6.07) is 8.25. The normalized spacial score (nSPS) is 19.6. The average molecular weight is 246 g/mol. The molecule has 1 N–H and O–H groups in total. The van der Waals surface area contributed by atoms with Gasteiger partial charge < -0.3 is 10.2 Å². The maximum atomic E-state index is 12.3. The number of nitrogens with one attached hydrogen (secondary N) is 1. The molecule has 1 aromatic carbocycles. The van der Waals surface area contributed by atoms with Crippen molar-refractivity contribution in [3.8, 4) is 0 Å². The molecule has 0 bridgehead atoms. The van der Waals surface area contributed by atoms with Crippen LogP contribution in [0.15, 0.2) is 24.3 Å². The van der Waals surface area contributed by atoms with Gasteiger partial charge in [-0.25, -0.2) is 0 Å². The molecule has 98 valence electrons. The summed E-state index contributed by atoms with van der Waals surface area (Å²) in [5.41, 5.74) is 2.48. The predicted molar refractivity (Wildman–Crippen MR) is 73.2 cm³/mol. The summed E-state index contributed by atoms with van der Waals surface area (Å²) in [7, 11) is 1.91. The van der Waals surface area contributed by atoms with E-state index in [2.05, 4.69) is 24.4 Å². The Kier molecular flexibility index (Phi) is 4.37. The Morgan fingerprint density at radius 2 is 2.22 bits per heavy atom. The van der Waals surface area contributed by atoms with E-state index in [1.54, 1.807) is 0 Å². The molecule has 18 heavy (non-hydrogen) atoms. The highest BCUT2D eigenvalue weighted by Crippen LogP contribution is 2.15. The first-order valence-electron chi connectivity index (χ1n) is 6.68. The summed E-state index contributed by atoms with van der Waals surface area (Å²) < 4.78 is 0. The Bertz CT molecular complexity index is 411. The minimum absolute atomic E-state index is 0.160. The van der Waals surface area contributed by atoms with Crippen molar-refractivity contribution in [2.45, 2.75) is 26.3 Å². The van der Waals surface area contributed by atoms with E-state index in [1.807, 2.05) is 24.1 Å². The van der Waals surface area contributed by atoms with Gasteiger partial charge in [-0.05, 0) is 37.4 Å². The molecule has 0 aliphatic carbocycles. The first-order chi connectivity index (χ1) is 8.68. The molecule has 1 fully saturated rings. The Morgan fingerprint density at radius 1 is 1.44 bits per heavy atom. The van der Waals surface area contributed by atoms with Crippen LogP contribution in [0.25, 0.3) is 0 Å². The van der Waals surface area contributed by atoms with Crippen LogP contribution >= 0.6 is 0 Å². The number of amides is 1. The summed E-state index contributed by atoms with van der Waals surface area (Å²) in [5.74, 6) is 0.429. The summed E-state index contributed by atoms with van der Waals surface area (Å²) in [4.78, 5) is 14.2. The standard InChI is InChI=1S/C15H22N2O/c1-12-6-3-4-7-14(12)11-17(2)15(18)13-8-5-9-16-10-13/h3-4,6-7,13,16H,5,8-11H2,1-2H3/t13-/m1/s1. The Morgan fingerprint density at radius 3 is 2.89 bits per heavy atom. The van der Waals surface area contributed by atoms with Gasteiger partial charge in [-0.15, -0.1) is 0 Å². The van der Waals surface area contributed by atoms with E-state index in [4.69, 9.17) is 0 Å². The molecule has 1 atom stereocenters. The summed E-state index contributed by atoms with van der Waals surface area (Å²) in [6.45, 7) is 4.68. The van der Waals surface area contributed by atoms with Crippen molar-refractivity contribution in [3.63, 3.8) is 0 Å². The summed E-state index contributed by atoms with van der Waals surface area (Å²) in [6.07, 6.45) is 2.12. The van der Waals surface area contributed by atoms with Crippen molar-refractivity contribution >= 4 is 5.91 Å². The SMILES string of the molecule is Cc1ccccc1CN(C)C(=O)[C@@H]1CCCNC1. The van der Waals surface area contributed by atoms with Crippen molar-refractivity contribution in [1.82, 2.24) is 10.2 Å². The highest BCUT2D eigenvalue weighted by Gasteiger charge is 2.23. The van der Waals surface area contributed by atoms with Crippen LogP contribution in [0, 0.1) is 12.8 Å². The van der Waals surface area contributed by atoms with Gasteiger partial charge in [0.1, 0.15) is 0 Å². The van der Waals surface area contributed by atoms with Gasteiger partial charge in [-0.2, -0.15) is 0 Å². The Balaban J connectivity index is 1.96. The second-order valence-electron chi connectivity index (χ2n) is 5.16. The zero-order chi connectivity index (χ0) is 13.0. The molecule has 0 aromatic heterocycles. The third kappa shape index (κ3) is 3.10. The van der Waals surface area contributed by atoms with Crippen LogP contribution in [-0.4, -0.2) is 30.9 Å². The molecular weight excluding hydrogens is 224 g/mol. The number of benzene rings is 1. The average Bonchev–Trinajstić information content (AvgIpc) is 2.41.